The quantitative estimate of drug-likeness (QED) is 0.0888. The zero-order valence-corrected chi connectivity index (χ0v) is 23.3. The van der Waals surface area contributed by atoms with Crippen molar-refractivity contribution >= 4 is 5.97 Å². The molecule has 0 aliphatic heterocycles. The van der Waals surface area contributed by atoms with Crippen molar-refractivity contribution in [3.05, 3.63) is 0 Å². The van der Waals surface area contributed by atoms with Crippen molar-refractivity contribution in [2.45, 2.75) is 181 Å². The van der Waals surface area contributed by atoms with Crippen LogP contribution in [0.3, 0.4) is 0 Å². The normalized spacial score (nSPS) is 12.2. The van der Waals surface area contributed by atoms with Gasteiger partial charge in [0, 0.05) is 6.42 Å². The lowest BCUT2D eigenvalue weighted by molar-refractivity contribution is -0.145. The highest BCUT2D eigenvalue weighted by Gasteiger charge is 2.12. The van der Waals surface area contributed by atoms with Crippen LogP contribution in [0, 0.1) is 5.92 Å². The number of esters is 1. The molecule has 198 valence electrons. The molecule has 0 amide bonds. The Morgan fingerprint density at radius 1 is 0.485 bits per heavy atom. The van der Waals surface area contributed by atoms with Gasteiger partial charge in [0.05, 0.1) is 6.61 Å². The highest BCUT2D eigenvalue weighted by atomic mass is 16.5. The van der Waals surface area contributed by atoms with Crippen molar-refractivity contribution in [3.63, 3.8) is 0 Å². The van der Waals surface area contributed by atoms with Crippen LogP contribution in [0.25, 0.3) is 0 Å². The first-order valence-corrected chi connectivity index (χ1v) is 15.4. The van der Waals surface area contributed by atoms with Crippen molar-refractivity contribution in [1.82, 2.24) is 0 Å². The van der Waals surface area contributed by atoms with Crippen LogP contribution in [0.4, 0.5) is 0 Å². The summed E-state index contributed by atoms with van der Waals surface area (Å²) in [6.07, 6.45) is 32.5. The Morgan fingerprint density at radius 2 is 0.818 bits per heavy atom. The highest BCUT2D eigenvalue weighted by Crippen LogP contribution is 2.20. The van der Waals surface area contributed by atoms with Crippen LogP contribution in [-0.2, 0) is 9.53 Å². The molecular formula is C31H62O2. The summed E-state index contributed by atoms with van der Waals surface area (Å²) < 4.78 is 5.70. The van der Waals surface area contributed by atoms with Gasteiger partial charge in [0.15, 0.2) is 0 Å². The monoisotopic (exact) mass is 466 g/mol. The molecule has 0 aromatic heterocycles. The van der Waals surface area contributed by atoms with Gasteiger partial charge in [-0.25, -0.2) is 0 Å². The number of hydrogen-bond acceptors (Lipinski definition) is 2. The third-order valence-corrected chi connectivity index (χ3v) is 7.15. The first-order chi connectivity index (χ1) is 16.2. The molecule has 33 heavy (non-hydrogen) atoms. The molecule has 0 rings (SSSR count). The smallest absolute Gasteiger partial charge is 0.305 e. The molecule has 0 aliphatic carbocycles. The van der Waals surface area contributed by atoms with Gasteiger partial charge in [0.25, 0.3) is 0 Å². The van der Waals surface area contributed by atoms with Gasteiger partial charge in [0.2, 0.25) is 0 Å². The lowest BCUT2D eigenvalue weighted by atomic mass is 9.95. The zero-order chi connectivity index (χ0) is 24.2. The minimum Gasteiger partial charge on any atom is -0.465 e. The van der Waals surface area contributed by atoms with Gasteiger partial charge in [-0.3, -0.25) is 4.79 Å². The van der Waals surface area contributed by atoms with Gasteiger partial charge in [-0.15, -0.1) is 0 Å². The molecule has 0 spiro atoms. The number of carbonyl (C=O) groups excluding carboxylic acids is 1. The summed E-state index contributed by atoms with van der Waals surface area (Å²) in [6, 6.07) is 0. The van der Waals surface area contributed by atoms with E-state index < -0.39 is 0 Å². The Bertz CT molecular complexity index is 379. The lowest BCUT2D eigenvalue weighted by Gasteiger charge is -2.17. The average Bonchev–Trinajstić information content (AvgIpc) is 2.82. The Morgan fingerprint density at radius 3 is 1.27 bits per heavy atom. The number of unbranched alkanes of at least 4 members (excludes halogenated alkanes) is 19. The maximum Gasteiger partial charge on any atom is 0.305 e. The molecule has 0 bridgehead atoms. The third-order valence-electron chi connectivity index (χ3n) is 7.15. The fourth-order valence-corrected chi connectivity index (χ4v) is 4.78. The second-order valence-electron chi connectivity index (χ2n) is 10.6. The zero-order valence-electron chi connectivity index (χ0n) is 23.3. The molecule has 0 saturated carbocycles. The van der Waals surface area contributed by atoms with Gasteiger partial charge in [-0.05, 0) is 25.2 Å². The maximum absolute atomic E-state index is 12.2. The molecule has 0 fully saturated rings. The molecule has 2 heteroatoms. The van der Waals surface area contributed by atoms with E-state index in [9.17, 15) is 4.79 Å². The molecule has 0 N–H and O–H groups in total. The number of ether oxygens (including phenoxy) is 1. The minimum absolute atomic E-state index is 0.0405. The van der Waals surface area contributed by atoms with E-state index in [0.717, 1.165) is 6.42 Å². The van der Waals surface area contributed by atoms with Crippen LogP contribution >= 0.6 is 0 Å². The fourth-order valence-electron chi connectivity index (χ4n) is 4.78. The average molecular weight is 467 g/mol. The van der Waals surface area contributed by atoms with Crippen LogP contribution < -0.4 is 0 Å². The van der Waals surface area contributed by atoms with E-state index in [0.29, 0.717) is 18.9 Å². The fraction of sp³-hybridized carbons (Fsp3) is 0.968. The van der Waals surface area contributed by atoms with Gasteiger partial charge in [0.1, 0.15) is 0 Å². The molecule has 0 radical (unpaired) electrons. The Kier molecular flexibility index (Phi) is 27.3. The molecule has 2 nitrogen and oxygen atoms in total. The number of rotatable bonds is 27. The van der Waals surface area contributed by atoms with Gasteiger partial charge in [-0.1, -0.05) is 156 Å². The van der Waals surface area contributed by atoms with Crippen LogP contribution in [0.15, 0.2) is 0 Å². The molecule has 0 aromatic carbocycles. The first kappa shape index (κ1) is 32.5. The summed E-state index contributed by atoms with van der Waals surface area (Å²) in [7, 11) is 0. The molecule has 1 unspecified atom stereocenters. The van der Waals surface area contributed by atoms with E-state index in [1.807, 2.05) is 0 Å². The van der Waals surface area contributed by atoms with Crippen molar-refractivity contribution in [3.8, 4) is 0 Å². The second-order valence-corrected chi connectivity index (χ2v) is 10.6. The van der Waals surface area contributed by atoms with Crippen molar-refractivity contribution in [1.29, 1.82) is 0 Å². The standard InChI is InChI=1S/C31H62O2/c1-4-7-10-12-14-15-16-17-18-20-21-24-27-30(26-23-9-6-3)29-33-31(32)28-25-22-19-13-11-8-5-2/h30H,4-29H2,1-3H3. The number of hydrogen-bond donors (Lipinski definition) is 0. The SMILES string of the molecule is CCCCCCCCCCCCCCC(CCCCC)COC(=O)CCCCCCCCC. The van der Waals surface area contributed by atoms with Crippen molar-refractivity contribution in [2.75, 3.05) is 6.61 Å². The molecule has 1 atom stereocenters. The van der Waals surface area contributed by atoms with Crippen LogP contribution in [0.5, 0.6) is 0 Å². The van der Waals surface area contributed by atoms with Crippen LogP contribution in [0.1, 0.15) is 181 Å². The van der Waals surface area contributed by atoms with E-state index in [2.05, 4.69) is 20.8 Å². The van der Waals surface area contributed by atoms with Crippen LogP contribution in [0.2, 0.25) is 0 Å². The second kappa shape index (κ2) is 27.7. The Balaban J connectivity index is 3.75. The Hall–Kier alpha value is -0.530. The summed E-state index contributed by atoms with van der Waals surface area (Å²) >= 11 is 0. The molecule has 0 aromatic rings. The first-order valence-electron chi connectivity index (χ1n) is 15.4. The van der Waals surface area contributed by atoms with Gasteiger partial charge >= 0.3 is 5.97 Å². The van der Waals surface area contributed by atoms with Crippen LogP contribution in [-0.4, -0.2) is 12.6 Å². The van der Waals surface area contributed by atoms with Gasteiger partial charge in [-0.2, -0.15) is 0 Å². The summed E-state index contributed by atoms with van der Waals surface area (Å²) in [5.74, 6) is 0.622. The van der Waals surface area contributed by atoms with E-state index in [1.54, 1.807) is 0 Å². The minimum atomic E-state index is 0.0405. The molecular weight excluding hydrogens is 404 g/mol. The van der Waals surface area contributed by atoms with E-state index in [-0.39, 0.29) is 5.97 Å². The highest BCUT2D eigenvalue weighted by molar-refractivity contribution is 5.69. The van der Waals surface area contributed by atoms with Crippen molar-refractivity contribution < 1.29 is 9.53 Å². The summed E-state index contributed by atoms with van der Waals surface area (Å²) in [5.41, 5.74) is 0. The largest absolute Gasteiger partial charge is 0.465 e. The number of carbonyl (C=O) groups is 1. The van der Waals surface area contributed by atoms with E-state index >= 15 is 0 Å². The summed E-state index contributed by atoms with van der Waals surface area (Å²) in [5, 5.41) is 0. The molecule has 0 aliphatic rings. The Labute approximate surface area is 209 Å². The summed E-state index contributed by atoms with van der Waals surface area (Å²) in [4.78, 5) is 12.2. The van der Waals surface area contributed by atoms with Crippen molar-refractivity contribution in [2.24, 2.45) is 5.92 Å². The predicted molar refractivity (Wildman–Crippen MR) is 147 cm³/mol. The molecule has 0 saturated heterocycles. The lowest BCUT2D eigenvalue weighted by Crippen LogP contribution is -2.14. The van der Waals surface area contributed by atoms with E-state index in [4.69, 9.17) is 4.74 Å². The maximum atomic E-state index is 12.2. The summed E-state index contributed by atoms with van der Waals surface area (Å²) in [6.45, 7) is 7.47. The molecule has 0 heterocycles. The van der Waals surface area contributed by atoms with Gasteiger partial charge < -0.3 is 4.74 Å². The topological polar surface area (TPSA) is 26.3 Å². The predicted octanol–water partition coefficient (Wildman–Crippen LogP) is 11.0. The van der Waals surface area contributed by atoms with E-state index in [1.165, 1.54) is 148 Å². The third kappa shape index (κ3) is 25.9.